The minimum absolute atomic E-state index is 0. The highest BCUT2D eigenvalue weighted by Gasteiger charge is 2.13. The number of carbonyl (C=O) groups excluding carboxylic acids is 1. The van der Waals surface area contributed by atoms with Gasteiger partial charge in [-0.3, -0.25) is 4.79 Å². The van der Waals surface area contributed by atoms with Crippen molar-refractivity contribution in [3.05, 3.63) is 42.1 Å². The fourth-order valence-electron chi connectivity index (χ4n) is 1.56. The van der Waals surface area contributed by atoms with Crippen molar-refractivity contribution in [3.8, 4) is 11.3 Å². The fourth-order valence-corrected chi connectivity index (χ4v) is 1.56. The summed E-state index contributed by atoms with van der Waals surface area (Å²) < 4.78 is 0. The molecule has 6 heteroatoms. The van der Waals surface area contributed by atoms with Crippen molar-refractivity contribution in [2.45, 2.75) is 13.8 Å². The summed E-state index contributed by atoms with van der Waals surface area (Å²) in [5.74, 6) is -0.0946. The molecule has 1 aromatic heterocycles. The minimum Gasteiger partial charge on any atom is -0.368 e. The molecule has 0 spiro atoms. The number of benzene rings is 1. The molecule has 0 atom stereocenters. The summed E-state index contributed by atoms with van der Waals surface area (Å²) >= 11 is 0. The molecular formula is C15H20BN4O. The molecule has 0 unspecified atom stereocenters. The molecule has 0 aliphatic rings. The molecule has 0 aliphatic heterocycles. The van der Waals surface area contributed by atoms with Crippen LogP contribution in [0.2, 0.25) is 0 Å². The van der Waals surface area contributed by atoms with Crippen molar-refractivity contribution in [1.29, 1.82) is 0 Å². The number of anilines is 1. The monoisotopic (exact) mass is 283 g/mol. The van der Waals surface area contributed by atoms with Crippen LogP contribution in [0, 0.1) is 0 Å². The maximum Gasteiger partial charge on any atom is 0.272 e. The zero-order chi connectivity index (χ0) is 15.1. The number of nitrogens with two attached hydrogens (primary N) is 1. The maximum absolute atomic E-state index is 11.9. The van der Waals surface area contributed by atoms with Crippen LogP contribution in [0.15, 0.2) is 36.4 Å². The second-order valence-electron chi connectivity index (χ2n) is 4.06. The van der Waals surface area contributed by atoms with Gasteiger partial charge in [-0.05, 0) is 6.07 Å². The van der Waals surface area contributed by atoms with E-state index in [1.807, 2.05) is 44.2 Å². The molecule has 2 aromatic rings. The van der Waals surface area contributed by atoms with Crippen LogP contribution in [0.1, 0.15) is 24.3 Å². The van der Waals surface area contributed by atoms with E-state index in [4.69, 9.17) is 5.73 Å². The van der Waals surface area contributed by atoms with Gasteiger partial charge in [-0.15, -0.1) is 0 Å². The Balaban J connectivity index is 0.00000128. The van der Waals surface area contributed by atoms with Gasteiger partial charge in [-0.1, -0.05) is 44.2 Å². The Hall–Kier alpha value is -2.37. The number of amides is 1. The second-order valence-corrected chi connectivity index (χ2v) is 4.06. The quantitative estimate of drug-likeness (QED) is 0.856. The van der Waals surface area contributed by atoms with Crippen LogP contribution < -0.4 is 5.73 Å². The highest BCUT2D eigenvalue weighted by Crippen LogP contribution is 2.18. The summed E-state index contributed by atoms with van der Waals surface area (Å²) in [5.41, 5.74) is 7.49. The zero-order valence-corrected chi connectivity index (χ0v) is 12.9. The van der Waals surface area contributed by atoms with Crippen LogP contribution >= 0.6 is 0 Å². The zero-order valence-electron chi connectivity index (χ0n) is 12.9. The van der Waals surface area contributed by atoms with E-state index in [-0.39, 0.29) is 20.3 Å². The van der Waals surface area contributed by atoms with Crippen LogP contribution in [-0.4, -0.2) is 43.3 Å². The van der Waals surface area contributed by atoms with E-state index in [0.29, 0.717) is 11.4 Å². The highest BCUT2D eigenvalue weighted by molar-refractivity contribution is 5.93. The Labute approximate surface area is 127 Å². The SMILES string of the molecule is CC.CN(C)C(=O)c1cc(-c2ccccc2)nc(N)n1.[B]. The first-order valence-electron chi connectivity index (χ1n) is 6.49. The maximum atomic E-state index is 11.9. The van der Waals surface area contributed by atoms with Crippen LogP contribution in [0.3, 0.4) is 0 Å². The highest BCUT2D eigenvalue weighted by atomic mass is 16.2. The lowest BCUT2D eigenvalue weighted by molar-refractivity contribution is 0.0822. The molecular weight excluding hydrogens is 263 g/mol. The Bertz CT molecular complexity index is 573. The molecule has 3 radical (unpaired) electrons. The molecule has 1 aromatic carbocycles. The van der Waals surface area contributed by atoms with Crippen molar-refractivity contribution in [2.75, 3.05) is 19.8 Å². The van der Waals surface area contributed by atoms with Crippen LogP contribution in [-0.2, 0) is 0 Å². The third kappa shape index (κ3) is 4.91. The molecule has 1 heterocycles. The van der Waals surface area contributed by atoms with Crippen molar-refractivity contribution in [2.24, 2.45) is 0 Å². The van der Waals surface area contributed by atoms with E-state index in [0.717, 1.165) is 5.56 Å². The van der Waals surface area contributed by atoms with Crippen LogP contribution in [0.4, 0.5) is 5.95 Å². The number of rotatable bonds is 2. The number of carbonyl (C=O) groups is 1. The normalized spacial score (nSPS) is 8.95. The minimum atomic E-state index is -0.193. The number of aromatic nitrogens is 2. The summed E-state index contributed by atoms with van der Waals surface area (Å²) in [5, 5.41) is 0. The number of hydrogen-bond acceptors (Lipinski definition) is 4. The average molecular weight is 283 g/mol. The molecule has 0 saturated heterocycles. The first kappa shape index (κ1) is 18.6. The van der Waals surface area contributed by atoms with E-state index in [1.165, 1.54) is 4.90 Å². The lowest BCUT2D eigenvalue weighted by Gasteiger charge is -2.10. The van der Waals surface area contributed by atoms with E-state index < -0.39 is 0 Å². The Morgan fingerprint density at radius 2 is 1.67 bits per heavy atom. The summed E-state index contributed by atoms with van der Waals surface area (Å²) in [4.78, 5) is 21.4. The third-order valence-electron chi connectivity index (χ3n) is 2.44. The molecule has 0 saturated carbocycles. The predicted molar refractivity (Wildman–Crippen MR) is 87.0 cm³/mol. The number of nitrogens with zero attached hydrogens (tertiary/aromatic N) is 3. The number of nitrogen functional groups attached to an aromatic ring is 1. The molecule has 0 fully saturated rings. The molecule has 109 valence electrons. The van der Waals surface area contributed by atoms with Gasteiger partial charge >= 0.3 is 0 Å². The van der Waals surface area contributed by atoms with Crippen molar-refractivity contribution in [3.63, 3.8) is 0 Å². The second kappa shape index (κ2) is 8.74. The third-order valence-corrected chi connectivity index (χ3v) is 2.44. The van der Waals surface area contributed by atoms with Gasteiger partial charge in [0.1, 0.15) is 5.69 Å². The molecule has 0 aliphatic carbocycles. The first-order chi connectivity index (χ1) is 9.58. The largest absolute Gasteiger partial charge is 0.368 e. The summed E-state index contributed by atoms with van der Waals surface area (Å²) in [6.07, 6.45) is 0. The summed E-state index contributed by atoms with van der Waals surface area (Å²) in [6.45, 7) is 4.00. The van der Waals surface area contributed by atoms with Gasteiger partial charge < -0.3 is 10.6 Å². The molecule has 2 N–H and O–H groups in total. The molecule has 21 heavy (non-hydrogen) atoms. The van der Waals surface area contributed by atoms with Gasteiger partial charge in [0.15, 0.2) is 0 Å². The fraction of sp³-hybridized carbons (Fsp3) is 0.267. The van der Waals surface area contributed by atoms with Gasteiger partial charge in [-0.25, -0.2) is 9.97 Å². The first-order valence-corrected chi connectivity index (χ1v) is 6.49. The Morgan fingerprint density at radius 1 is 1.10 bits per heavy atom. The predicted octanol–water partition coefficient (Wildman–Crippen LogP) is 2.07. The molecule has 1 amide bonds. The van der Waals surface area contributed by atoms with E-state index in [2.05, 4.69) is 9.97 Å². The smallest absolute Gasteiger partial charge is 0.272 e. The van der Waals surface area contributed by atoms with Gasteiger partial charge in [0.05, 0.1) is 5.69 Å². The van der Waals surface area contributed by atoms with E-state index in [9.17, 15) is 4.79 Å². The van der Waals surface area contributed by atoms with E-state index >= 15 is 0 Å². The summed E-state index contributed by atoms with van der Waals surface area (Å²) in [6, 6.07) is 11.2. The van der Waals surface area contributed by atoms with Gasteiger partial charge in [0.25, 0.3) is 5.91 Å². The lowest BCUT2D eigenvalue weighted by Crippen LogP contribution is -2.23. The molecule has 2 rings (SSSR count). The van der Waals surface area contributed by atoms with Gasteiger partial charge in [0.2, 0.25) is 5.95 Å². The van der Waals surface area contributed by atoms with Gasteiger partial charge in [0, 0.05) is 28.1 Å². The van der Waals surface area contributed by atoms with Crippen molar-refractivity contribution >= 4 is 20.3 Å². The van der Waals surface area contributed by atoms with Crippen molar-refractivity contribution < 1.29 is 4.79 Å². The average Bonchev–Trinajstić information content (AvgIpc) is 2.48. The van der Waals surface area contributed by atoms with E-state index in [1.54, 1.807) is 20.2 Å². The summed E-state index contributed by atoms with van der Waals surface area (Å²) in [7, 11) is 3.34. The molecule has 0 bridgehead atoms. The van der Waals surface area contributed by atoms with Crippen LogP contribution in [0.5, 0.6) is 0 Å². The Kier molecular flexibility index (Phi) is 7.75. The number of hydrogen-bond donors (Lipinski definition) is 1. The van der Waals surface area contributed by atoms with Gasteiger partial charge in [-0.2, -0.15) is 0 Å². The Morgan fingerprint density at radius 3 is 2.19 bits per heavy atom. The molecule has 5 nitrogen and oxygen atoms in total. The standard InChI is InChI=1S/C13H14N4O.C2H6.B/c1-17(2)12(18)11-8-10(15-13(14)16-11)9-6-4-3-5-7-9;1-2;/h3-8H,1-2H3,(H2,14,15,16);1-2H3;. The lowest BCUT2D eigenvalue weighted by atomic mass is 10.1. The topological polar surface area (TPSA) is 72.1 Å². The van der Waals surface area contributed by atoms with Crippen LogP contribution in [0.25, 0.3) is 11.3 Å². The van der Waals surface area contributed by atoms with Crippen molar-refractivity contribution in [1.82, 2.24) is 14.9 Å².